The van der Waals surface area contributed by atoms with Crippen LogP contribution in [0.5, 0.6) is 0 Å². The second-order valence-electron chi connectivity index (χ2n) is 8.32. The molecule has 0 amide bonds. The predicted octanol–water partition coefficient (Wildman–Crippen LogP) is 7.53. The van der Waals surface area contributed by atoms with E-state index in [1.54, 1.807) is 0 Å². The summed E-state index contributed by atoms with van der Waals surface area (Å²) in [5, 5.41) is 0. The lowest BCUT2D eigenvalue weighted by Gasteiger charge is -2.26. The number of rotatable bonds is 5. The summed E-state index contributed by atoms with van der Waals surface area (Å²) in [7, 11) is 0. The first-order valence-electron chi connectivity index (χ1n) is 9.03. The first-order chi connectivity index (χ1) is 11.1. The molecule has 0 saturated carbocycles. The largest absolute Gasteiger partial charge is 0.115 e. The van der Waals surface area contributed by atoms with E-state index in [0.29, 0.717) is 5.92 Å². The van der Waals surface area contributed by atoms with Crippen molar-refractivity contribution in [2.75, 3.05) is 0 Å². The molecule has 0 heterocycles. The molecule has 0 saturated heterocycles. The van der Waals surface area contributed by atoms with Crippen molar-refractivity contribution in [2.45, 2.75) is 75.9 Å². The van der Waals surface area contributed by atoms with Crippen molar-refractivity contribution in [3.63, 3.8) is 0 Å². The number of hydrogen-bond acceptors (Lipinski definition) is 1. The van der Waals surface area contributed by atoms with Crippen LogP contribution in [0.1, 0.15) is 77.5 Å². The number of benzene rings is 2. The summed E-state index contributed by atoms with van der Waals surface area (Å²) in [6, 6.07) is 18.3. The van der Waals surface area contributed by atoms with Crippen LogP contribution < -0.4 is 0 Å². The van der Waals surface area contributed by atoms with Crippen LogP contribution in [0.15, 0.2) is 53.4 Å². The molecule has 1 heteroatoms. The van der Waals surface area contributed by atoms with E-state index in [9.17, 15) is 0 Å². The molecule has 0 radical (unpaired) electrons. The molecule has 0 aliphatic rings. The minimum absolute atomic E-state index is 0.0667. The molecule has 1 atom stereocenters. The molecule has 24 heavy (non-hydrogen) atoms. The lowest BCUT2D eigenvalue weighted by molar-refractivity contribution is 0.589. The highest BCUT2D eigenvalue weighted by atomic mass is 32.2. The van der Waals surface area contributed by atoms with Crippen LogP contribution in [-0.2, 0) is 10.2 Å². The third-order valence-corrected chi connectivity index (χ3v) is 6.13. The summed E-state index contributed by atoms with van der Waals surface area (Å²) in [6.45, 7) is 16.0. The average Bonchev–Trinajstić information content (AvgIpc) is 2.53. The molecule has 1 unspecified atom stereocenters. The zero-order valence-corrected chi connectivity index (χ0v) is 17.1. The molecule has 2 rings (SSSR count). The van der Waals surface area contributed by atoms with E-state index in [0.717, 1.165) is 0 Å². The van der Waals surface area contributed by atoms with Gasteiger partial charge in [-0.1, -0.05) is 71.0 Å². The van der Waals surface area contributed by atoms with E-state index in [-0.39, 0.29) is 10.2 Å². The van der Waals surface area contributed by atoms with Gasteiger partial charge >= 0.3 is 0 Å². The average molecular weight is 341 g/mol. The van der Waals surface area contributed by atoms with Crippen molar-refractivity contribution in [3.05, 3.63) is 65.2 Å². The topological polar surface area (TPSA) is 0 Å². The zero-order chi connectivity index (χ0) is 18.0. The number of thioether (sulfide) groups is 1. The van der Waals surface area contributed by atoms with E-state index in [1.807, 2.05) is 11.8 Å². The van der Waals surface area contributed by atoms with E-state index in [1.165, 1.54) is 28.0 Å². The summed E-state index contributed by atoms with van der Waals surface area (Å²) in [4.78, 5) is 1.33. The fourth-order valence-electron chi connectivity index (χ4n) is 2.83. The van der Waals surface area contributed by atoms with E-state index < -0.39 is 0 Å². The maximum atomic E-state index is 2.31. The van der Waals surface area contributed by atoms with Gasteiger partial charge in [-0.15, -0.1) is 11.8 Å². The Morgan fingerprint density at radius 3 is 1.75 bits per heavy atom. The molecule has 0 aliphatic heterocycles. The maximum Gasteiger partial charge on any atom is 0.0399 e. The predicted molar refractivity (Wildman–Crippen MR) is 109 cm³/mol. The van der Waals surface area contributed by atoms with Crippen LogP contribution in [0.2, 0.25) is 0 Å². The van der Waals surface area contributed by atoms with Gasteiger partial charge in [-0.2, -0.15) is 0 Å². The molecular weight excluding hydrogens is 308 g/mol. The van der Waals surface area contributed by atoms with Crippen molar-refractivity contribution in [3.8, 4) is 0 Å². The minimum Gasteiger partial charge on any atom is -0.115 e. The second kappa shape index (κ2) is 7.35. The van der Waals surface area contributed by atoms with Gasteiger partial charge in [0.2, 0.25) is 0 Å². The van der Waals surface area contributed by atoms with Crippen LogP contribution in [0.3, 0.4) is 0 Å². The molecule has 0 fully saturated rings. The molecule has 2 aromatic carbocycles. The smallest absolute Gasteiger partial charge is 0.0399 e. The molecule has 0 nitrogen and oxygen atoms in total. The van der Waals surface area contributed by atoms with Gasteiger partial charge in [0.15, 0.2) is 0 Å². The Kier molecular flexibility index (Phi) is 5.86. The van der Waals surface area contributed by atoms with Crippen LogP contribution in [0.4, 0.5) is 0 Å². The highest BCUT2D eigenvalue weighted by Crippen LogP contribution is 2.41. The molecule has 0 bridgehead atoms. The van der Waals surface area contributed by atoms with Crippen molar-refractivity contribution >= 4 is 11.8 Å². The van der Waals surface area contributed by atoms with Crippen molar-refractivity contribution in [2.24, 2.45) is 0 Å². The Morgan fingerprint density at radius 2 is 1.29 bits per heavy atom. The summed E-state index contributed by atoms with van der Waals surface area (Å²) in [6.07, 6.45) is 1.19. The summed E-state index contributed by atoms with van der Waals surface area (Å²) < 4.78 is 0.0667. The lowest BCUT2D eigenvalue weighted by atomic mass is 9.87. The molecule has 0 aliphatic carbocycles. The summed E-state index contributed by atoms with van der Waals surface area (Å²) in [5.41, 5.74) is 4.43. The zero-order valence-electron chi connectivity index (χ0n) is 16.3. The molecule has 0 spiro atoms. The van der Waals surface area contributed by atoms with Gasteiger partial charge in [0.1, 0.15) is 0 Å². The van der Waals surface area contributed by atoms with Crippen LogP contribution in [0.25, 0.3) is 0 Å². The minimum atomic E-state index is 0.0667. The first-order valence-corrected chi connectivity index (χ1v) is 9.85. The Labute approximate surface area is 153 Å². The van der Waals surface area contributed by atoms with Crippen molar-refractivity contribution < 1.29 is 0 Å². The van der Waals surface area contributed by atoms with Crippen LogP contribution >= 0.6 is 11.8 Å². The number of hydrogen-bond donors (Lipinski definition) is 0. The Bertz CT molecular complexity index is 642. The Morgan fingerprint density at radius 1 is 0.792 bits per heavy atom. The van der Waals surface area contributed by atoms with Gasteiger partial charge in [0.25, 0.3) is 0 Å². The molecular formula is C23H32S. The summed E-state index contributed by atoms with van der Waals surface area (Å²) >= 11 is 1.94. The standard InChI is InChI=1S/C23H32S/c1-8-17(2)18-9-11-20(12-10-18)23(6,7)24-21-15-13-19(14-16-21)22(3,4)5/h9-17H,8H2,1-7H3. The second-order valence-corrected chi connectivity index (χ2v) is 10.0. The van der Waals surface area contributed by atoms with Gasteiger partial charge in [0, 0.05) is 9.64 Å². The van der Waals surface area contributed by atoms with E-state index in [2.05, 4.69) is 97.0 Å². The molecule has 0 N–H and O–H groups in total. The van der Waals surface area contributed by atoms with Gasteiger partial charge in [-0.05, 0) is 60.4 Å². The van der Waals surface area contributed by atoms with Crippen molar-refractivity contribution in [1.29, 1.82) is 0 Å². The first kappa shape index (κ1) is 19.1. The molecule has 2 aromatic rings. The van der Waals surface area contributed by atoms with Gasteiger partial charge in [-0.3, -0.25) is 0 Å². The monoisotopic (exact) mass is 340 g/mol. The third-order valence-electron chi connectivity index (χ3n) is 4.88. The molecule has 0 aromatic heterocycles. The highest BCUT2D eigenvalue weighted by molar-refractivity contribution is 8.00. The van der Waals surface area contributed by atoms with Crippen LogP contribution in [-0.4, -0.2) is 0 Å². The quantitative estimate of drug-likeness (QED) is 0.507. The van der Waals surface area contributed by atoms with Gasteiger partial charge in [0.05, 0.1) is 0 Å². The van der Waals surface area contributed by atoms with E-state index in [4.69, 9.17) is 0 Å². The summed E-state index contributed by atoms with van der Waals surface area (Å²) in [5.74, 6) is 0.639. The Balaban J connectivity index is 2.15. The molecule has 130 valence electrons. The van der Waals surface area contributed by atoms with Crippen LogP contribution in [0, 0.1) is 0 Å². The van der Waals surface area contributed by atoms with E-state index >= 15 is 0 Å². The highest BCUT2D eigenvalue weighted by Gasteiger charge is 2.23. The third kappa shape index (κ3) is 4.66. The van der Waals surface area contributed by atoms with Crippen molar-refractivity contribution in [1.82, 2.24) is 0 Å². The van der Waals surface area contributed by atoms with Gasteiger partial charge in [-0.25, -0.2) is 0 Å². The fourth-order valence-corrected chi connectivity index (χ4v) is 3.94. The fraction of sp³-hybridized carbons (Fsp3) is 0.478. The normalized spacial score (nSPS) is 13.8. The van der Waals surface area contributed by atoms with Gasteiger partial charge < -0.3 is 0 Å². The SMILES string of the molecule is CCC(C)c1ccc(C(C)(C)Sc2ccc(C(C)(C)C)cc2)cc1. The maximum absolute atomic E-state index is 2.31. The lowest BCUT2D eigenvalue weighted by Crippen LogP contribution is -2.13. The Hall–Kier alpha value is -1.21.